The third kappa shape index (κ3) is 1.82. The summed E-state index contributed by atoms with van der Waals surface area (Å²) >= 11 is 1.20. The van der Waals surface area contributed by atoms with Gasteiger partial charge in [-0.05, 0) is 0 Å². The Morgan fingerprint density at radius 1 is 1.50 bits per heavy atom. The Hall–Kier alpha value is -1.74. The van der Waals surface area contributed by atoms with Crippen LogP contribution < -0.4 is 11.3 Å². The molecule has 0 saturated carbocycles. The summed E-state index contributed by atoms with van der Waals surface area (Å²) in [6.45, 7) is 0.251. The van der Waals surface area contributed by atoms with Crippen LogP contribution >= 0.6 is 11.3 Å². The first-order valence-corrected chi connectivity index (χ1v) is 5.28. The number of urea groups is 1. The van der Waals surface area contributed by atoms with Gasteiger partial charge in [-0.3, -0.25) is 15.1 Å². The second kappa shape index (κ2) is 4.02. The highest BCUT2D eigenvalue weighted by atomic mass is 32.1. The molecule has 1 aliphatic rings. The minimum atomic E-state index is -0.317. The summed E-state index contributed by atoms with van der Waals surface area (Å²) in [6, 6.07) is -0.317. The van der Waals surface area contributed by atoms with Crippen molar-refractivity contribution in [1.29, 1.82) is 0 Å². The summed E-state index contributed by atoms with van der Waals surface area (Å²) in [5, 5.41) is 8.53. The summed E-state index contributed by atoms with van der Waals surface area (Å²) in [4.78, 5) is 25.5. The summed E-state index contributed by atoms with van der Waals surface area (Å²) in [6.07, 6.45) is 0. The van der Waals surface area contributed by atoms with Crippen molar-refractivity contribution in [1.82, 2.24) is 20.0 Å². The van der Waals surface area contributed by atoms with Crippen LogP contribution in [0.5, 0.6) is 0 Å². The zero-order valence-corrected chi connectivity index (χ0v) is 9.32. The predicted octanol–water partition coefficient (Wildman–Crippen LogP) is -0.782. The van der Waals surface area contributed by atoms with Crippen molar-refractivity contribution in [3.8, 4) is 0 Å². The lowest BCUT2D eigenvalue weighted by atomic mass is 10.5. The van der Waals surface area contributed by atoms with Gasteiger partial charge in [-0.1, -0.05) is 11.3 Å². The Morgan fingerprint density at radius 2 is 2.25 bits per heavy atom. The monoisotopic (exact) mass is 242 g/mol. The zero-order valence-electron chi connectivity index (χ0n) is 8.51. The Balaban J connectivity index is 2.09. The quantitative estimate of drug-likeness (QED) is 0.409. The number of rotatable bonds is 3. The fraction of sp³-hybridized carbons (Fsp3) is 0.429. The molecule has 0 aromatic carbocycles. The molecule has 0 aliphatic carbocycles. The number of aromatic nitrogens is 2. The van der Waals surface area contributed by atoms with E-state index in [0.717, 1.165) is 4.90 Å². The number of carbonyl (C=O) groups excluding carboxylic acids is 2. The lowest BCUT2D eigenvalue weighted by Gasteiger charge is -2.11. The van der Waals surface area contributed by atoms with Crippen molar-refractivity contribution in [3.05, 3.63) is 5.01 Å². The molecule has 0 atom stereocenters. The maximum Gasteiger partial charge on any atom is 0.327 e. The van der Waals surface area contributed by atoms with E-state index in [0.29, 0.717) is 10.1 Å². The number of amides is 3. The molecule has 2 rings (SSSR count). The standard InChI is InChI=1S/C7H10N6O2S/c1-12-3-5(14)13(7(12)15)2-4-10-11-6(9-8)16-4/h2-3,8H2,1H3,(H,9,11). The molecule has 8 nitrogen and oxygen atoms in total. The topological polar surface area (TPSA) is 104 Å². The highest BCUT2D eigenvalue weighted by molar-refractivity contribution is 7.15. The van der Waals surface area contributed by atoms with Crippen LogP contribution in [0.1, 0.15) is 5.01 Å². The SMILES string of the molecule is CN1CC(=O)N(Cc2nnc(NN)s2)C1=O. The van der Waals surface area contributed by atoms with E-state index >= 15 is 0 Å². The van der Waals surface area contributed by atoms with E-state index in [-0.39, 0.29) is 25.0 Å². The Labute approximate surface area is 95.0 Å². The van der Waals surface area contributed by atoms with E-state index in [1.165, 1.54) is 16.2 Å². The Bertz CT molecular complexity index is 432. The van der Waals surface area contributed by atoms with E-state index < -0.39 is 0 Å². The normalized spacial score (nSPS) is 16.1. The number of nitrogens with zero attached hydrogens (tertiary/aromatic N) is 4. The average molecular weight is 242 g/mol. The third-order valence-corrected chi connectivity index (χ3v) is 2.95. The molecule has 86 valence electrons. The molecule has 1 fully saturated rings. The van der Waals surface area contributed by atoms with Crippen molar-refractivity contribution in [2.24, 2.45) is 5.84 Å². The van der Waals surface area contributed by atoms with Crippen molar-refractivity contribution in [3.63, 3.8) is 0 Å². The van der Waals surface area contributed by atoms with Crippen LogP contribution in [0.3, 0.4) is 0 Å². The van der Waals surface area contributed by atoms with E-state index in [2.05, 4.69) is 15.6 Å². The summed E-state index contributed by atoms with van der Waals surface area (Å²) < 4.78 is 0. The minimum Gasteiger partial charge on any atom is -0.318 e. The highest BCUT2D eigenvalue weighted by Crippen LogP contribution is 2.18. The molecule has 1 aromatic heterocycles. The van der Waals surface area contributed by atoms with Gasteiger partial charge in [0.15, 0.2) is 0 Å². The van der Waals surface area contributed by atoms with Crippen LogP contribution in [0.25, 0.3) is 0 Å². The van der Waals surface area contributed by atoms with Crippen LogP contribution in [0.2, 0.25) is 0 Å². The van der Waals surface area contributed by atoms with Gasteiger partial charge in [0.05, 0.1) is 6.54 Å². The van der Waals surface area contributed by atoms with E-state index in [4.69, 9.17) is 5.84 Å². The van der Waals surface area contributed by atoms with Gasteiger partial charge in [0, 0.05) is 7.05 Å². The maximum atomic E-state index is 11.5. The molecular weight excluding hydrogens is 232 g/mol. The number of hydrazine groups is 1. The van der Waals surface area contributed by atoms with E-state index in [9.17, 15) is 9.59 Å². The summed E-state index contributed by atoms with van der Waals surface area (Å²) in [5.74, 6) is 4.92. The van der Waals surface area contributed by atoms with Crippen LogP contribution in [0.15, 0.2) is 0 Å². The number of hydrogen-bond acceptors (Lipinski definition) is 7. The summed E-state index contributed by atoms with van der Waals surface area (Å²) in [5.41, 5.74) is 2.35. The molecule has 9 heteroatoms. The van der Waals surface area contributed by atoms with Gasteiger partial charge in [0.2, 0.25) is 5.13 Å². The van der Waals surface area contributed by atoms with Gasteiger partial charge in [-0.2, -0.15) is 0 Å². The fourth-order valence-electron chi connectivity index (χ4n) is 1.34. The number of nitrogens with one attached hydrogen (secondary N) is 1. The van der Waals surface area contributed by atoms with Crippen molar-refractivity contribution in [2.75, 3.05) is 19.0 Å². The molecule has 0 bridgehead atoms. The molecule has 1 saturated heterocycles. The number of carbonyl (C=O) groups is 2. The van der Waals surface area contributed by atoms with E-state index in [1.807, 2.05) is 0 Å². The Morgan fingerprint density at radius 3 is 2.75 bits per heavy atom. The first-order chi connectivity index (χ1) is 7.61. The van der Waals surface area contributed by atoms with Crippen LogP contribution in [0.4, 0.5) is 9.93 Å². The van der Waals surface area contributed by atoms with E-state index in [1.54, 1.807) is 7.05 Å². The number of hydrogen-bond donors (Lipinski definition) is 2. The van der Waals surface area contributed by atoms with Crippen molar-refractivity contribution < 1.29 is 9.59 Å². The van der Waals surface area contributed by atoms with Crippen LogP contribution in [0, 0.1) is 0 Å². The van der Waals surface area contributed by atoms with Crippen LogP contribution in [-0.2, 0) is 11.3 Å². The molecular formula is C7H10N6O2S. The van der Waals surface area contributed by atoms with Gasteiger partial charge in [-0.25, -0.2) is 10.6 Å². The van der Waals surface area contributed by atoms with Gasteiger partial charge >= 0.3 is 6.03 Å². The number of anilines is 1. The predicted molar refractivity (Wildman–Crippen MR) is 56.3 cm³/mol. The fourth-order valence-corrected chi connectivity index (χ4v) is 1.97. The molecule has 3 N–H and O–H groups in total. The molecule has 3 amide bonds. The second-order valence-electron chi connectivity index (χ2n) is 3.26. The molecule has 1 aliphatic heterocycles. The highest BCUT2D eigenvalue weighted by Gasteiger charge is 2.34. The molecule has 0 radical (unpaired) electrons. The first kappa shape index (κ1) is 10.8. The van der Waals surface area contributed by atoms with Gasteiger partial charge < -0.3 is 4.90 Å². The lowest BCUT2D eigenvalue weighted by Crippen LogP contribution is -2.30. The average Bonchev–Trinajstić information content (AvgIpc) is 2.80. The largest absolute Gasteiger partial charge is 0.327 e. The van der Waals surface area contributed by atoms with Crippen LogP contribution in [-0.4, -0.2) is 45.5 Å². The second-order valence-corrected chi connectivity index (χ2v) is 4.33. The maximum absolute atomic E-state index is 11.5. The molecule has 2 heterocycles. The number of nitrogen functional groups attached to an aromatic ring is 1. The summed E-state index contributed by atoms with van der Waals surface area (Å²) in [7, 11) is 1.58. The molecule has 0 spiro atoms. The smallest absolute Gasteiger partial charge is 0.318 e. The van der Waals surface area contributed by atoms with Crippen molar-refractivity contribution >= 4 is 28.4 Å². The lowest BCUT2D eigenvalue weighted by molar-refractivity contribution is -0.125. The molecule has 1 aromatic rings. The zero-order chi connectivity index (χ0) is 11.7. The molecule has 16 heavy (non-hydrogen) atoms. The number of nitrogens with two attached hydrogens (primary N) is 1. The van der Waals surface area contributed by atoms with Gasteiger partial charge in [-0.15, -0.1) is 10.2 Å². The van der Waals surface area contributed by atoms with Gasteiger partial charge in [0.25, 0.3) is 5.91 Å². The molecule has 0 unspecified atom stereocenters. The Kier molecular flexibility index (Phi) is 2.71. The number of imide groups is 1. The third-order valence-electron chi connectivity index (χ3n) is 2.11. The van der Waals surface area contributed by atoms with Gasteiger partial charge in [0.1, 0.15) is 11.6 Å². The number of likely N-dealkylation sites (N-methyl/N-ethyl adjacent to an activating group) is 1. The first-order valence-electron chi connectivity index (χ1n) is 4.46. The minimum absolute atomic E-state index is 0.111. The van der Waals surface area contributed by atoms with Crippen molar-refractivity contribution in [2.45, 2.75) is 6.54 Å².